The summed E-state index contributed by atoms with van der Waals surface area (Å²) in [7, 11) is 0. The summed E-state index contributed by atoms with van der Waals surface area (Å²) in [5.74, 6) is 0.0557. The van der Waals surface area contributed by atoms with Crippen molar-refractivity contribution in [1.82, 2.24) is 10.6 Å². The van der Waals surface area contributed by atoms with Gasteiger partial charge in [0, 0.05) is 21.8 Å². The van der Waals surface area contributed by atoms with Crippen LogP contribution >= 0.6 is 11.3 Å². The molecule has 0 aromatic carbocycles. The van der Waals surface area contributed by atoms with E-state index in [4.69, 9.17) is 0 Å². The Morgan fingerprint density at radius 1 is 1.24 bits per heavy atom. The van der Waals surface area contributed by atoms with Crippen molar-refractivity contribution in [3.05, 3.63) is 21.9 Å². The third kappa shape index (κ3) is 4.48. The highest BCUT2D eigenvalue weighted by molar-refractivity contribution is 7.12. The first-order valence-corrected chi connectivity index (χ1v) is 6.84. The lowest BCUT2D eigenvalue weighted by Gasteiger charge is -2.20. The van der Waals surface area contributed by atoms with Gasteiger partial charge < -0.3 is 5.32 Å². The van der Waals surface area contributed by atoms with Crippen LogP contribution < -0.4 is 10.6 Å². The number of carbonyl (C=O) groups is 1. The second-order valence-electron chi connectivity index (χ2n) is 4.72. The second kappa shape index (κ2) is 6.17. The van der Waals surface area contributed by atoms with Gasteiger partial charge in [0.05, 0.1) is 6.04 Å². The molecule has 0 saturated carbocycles. The summed E-state index contributed by atoms with van der Waals surface area (Å²) in [5, 5.41) is 6.22. The van der Waals surface area contributed by atoms with Gasteiger partial charge in [-0.3, -0.25) is 10.1 Å². The van der Waals surface area contributed by atoms with Crippen LogP contribution in [0.1, 0.15) is 43.5 Å². The maximum Gasteiger partial charge on any atom is 0.237 e. The van der Waals surface area contributed by atoms with Crippen molar-refractivity contribution >= 4 is 17.2 Å². The van der Waals surface area contributed by atoms with Gasteiger partial charge in [-0.1, -0.05) is 0 Å². The first-order chi connectivity index (χ1) is 7.90. The summed E-state index contributed by atoms with van der Waals surface area (Å²) < 4.78 is 0. The van der Waals surface area contributed by atoms with Crippen LogP contribution in [0.5, 0.6) is 0 Å². The van der Waals surface area contributed by atoms with E-state index in [2.05, 4.69) is 36.6 Å². The highest BCUT2D eigenvalue weighted by atomic mass is 32.1. The van der Waals surface area contributed by atoms with Gasteiger partial charge in [-0.15, -0.1) is 11.3 Å². The van der Waals surface area contributed by atoms with Crippen molar-refractivity contribution in [2.75, 3.05) is 0 Å². The molecule has 1 aromatic heterocycles. The molecule has 2 atom stereocenters. The maximum atomic E-state index is 11.8. The first-order valence-electron chi connectivity index (χ1n) is 6.03. The molecule has 1 rings (SSSR count). The van der Waals surface area contributed by atoms with Gasteiger partial charge in [0.2, 0.25) is 5.91 Å². The Bertz CT molecular complexity index is 373. The Balaban J connectivity index is 2.51. The molecule has 2 unspecified atom stereocenters. The normalized spacial score (nSPS) is 14.7. The molecule has 0 aliphatic carbocycles. The molecule has 1 amide bonds. The van der Waals surface area contributed by atoms with Crippen LogP contribution in [-0.2, 0) is 4.79 Å². The van der Waals surface area contributed by atoms with Gasteiger partial charge in [0.1, 0.15) is 0 Å². The van der Waals surface area contributed by atoms with E-state index in [1.54, 1.807) is 11.3 Å². The van der Waals surface area contributed by atoms with Gasteiger partial charge in [-0.2, -0.15) is 0 Å². The standard InChI is InChI=1S/C13H22N2OS/c1-8(2)14-13(16)11(5)15-10(4)12-7-6-9(3)17-12/h6-8,10-11,15H,1-5H3,(H,14,16). The minimum atomic E-state index is -0.171. The molecule has 96 valence electrons. The zero-order chi connectivity index (χ0) is 13.0. The average Bonchev–Trinajstić information content (AvgIpc) is 2.63. The van der Waals surface area contributed by atoms with Crippen LogP contribution in [0.2, 0.25) is 0 Å². The lowest BCUT2D eigenvalue weighted by Crippen LogP contribution is -2.45. The summed E-state index contributed by atoms with van der Waals surface area (Å²) in [4.78, 5) is 14.3. The molecule has 2 N–H and O–H groups in total. The van der Waals surface area contributed by atoms with Crippen molar-refractivity contribution in [2.24, 2.45) is 0 Å². The van der Waals surface area contributed by atoms with E-state index in [0.717, 1.165) is 0 Å². The molecule has 1 aromatic rings. The fourth-order valence-corrected chi connectivity index (χ4v) is 2.52. The molecule has 17 heavy (non-hydrogen) atoms. The minimum absolute atomic E-state index is 0.0557. The highest BCUT2D eigenvalue weighted by Crippen LogP contribution is 2.22. The molecule has 3 nitrogen and oxygen atoms in total. The summed E-state index contributed by atoms with van der Waals surface area (Å²) in [6.07, 6.45) is 0. The van der Waals surface area contributed by atoms with Crippen LogP contribution in [0.25, 0.3) is 0 Å². The zero-order valence-corrected chi connectivity index (χ0v) is 12.0. The van der Waals surface area contributed by atoms with Gasteiger partial charge in [0.15, 0.2) is 0 Å². The predicted octanol–water partition coefficient (Wildman–Crippen LogP) is 2.62. The van der Waals surface area contributed by atoms with Crippen molar-refractivity contribution in [3.8, 4) is 0 Å². The Hall–Kier alpha value is -0.870. The van der Waals surface area contributed by atoms with Crippen molar-refractivity contribution < 1.29 is 4.79 Å². The van der Waals surface area contributed by atoms with Crippen molar-refractivity contribution in [3.63, 3.8) is 0 Å². The second-order valence-corrected chi connectivity index (χ2v) is 6.04. The number of carbonyl (C=O) groups excluding carboxylic acids is 1. The van der Waals surface area contributed by atoms with Gasteiger partial charge in [-0.25, -0.2) is 0 Å². The van der Waals surface area contributed by atoms with Crippen LogP contribution in [0.3, 0.4) is 0 Å². The lowest BCUT2D eigenvalue weighted by atomic mass is 10.2. The SMILES string of the molecule is Cc1ccc(C(C)NC(C)C(=O)NC(C)C)s1. The average molecular weight is 254 g/mol. The molecule has 0 radical (unpaired) electrons. The fourth-order valence-electron chi connectivity index (χ4n) is 1.63. The molecule has 0 spiro atoms. The highest BCUT2D eigenvalue weighted by Gasteiger charge is 2.17. The van der Waals surface area contributed by atoms with Crippen molar-refractivity contribution in [1.29, 1.82) is 0 Å². The Labute approximate surface area is 108 Å². The molecule has 4 heteroatoms. The largest absolute Gasteiger partial charge is 0.353 e. The van der Waals surface area contributed by atoms with E-state index in [9.17, 15) is 4.79 Å². The van der Waals surface area contributed by atoms with E-state index >= 15 is 0 Å². The molecule has 0 saturated heterocycles. The van der Waals surface area contributed by atoms with Gasteiger partial charge in [0.25, 0.3) is 0 Å². The molecule has 0 aliphatic heterocycles. The third-order valence-corrected chi connectivity index (χ3v) is 3.70. The molecular weight excluding hydrogens is 232 g/mol. The number of nitrogens with one attached hydrogen (secondary N) is 2. The monoisotopic (exact) mass is 254 g/mol. The Kier molecular flexibility index (Phi) is 5.15. The number of hydrogen-bond acceptors (Lipinski definition) is 3. The zero-order valence-electron chi connectivity index (χ0n) is 11.2. The summed E-state index contributed by atoms with van der Waals surface area (Å²) in [5.41, 5.74) is 0. The van der Waals surface area contributed by atoms with Crippen LogP contribution in [0.15, 0.2) is 12.1 Å². The number of thiophene rings is 1. The quantitative estimate of drug-likeness (QED) is 0.848. The Morgan fingerprint density at radius 2 is 1.88 bits per heavy atom. The van der Waals surface area contributed by atoms with E-state index in [1.165, 1.54) is 9.75 Å². The minimum Gasteiger partial charge on any atom is -0.353 e. The predicted molar refractivity (Wildman–Crippen MR) is 73.3 cm³/mol. The molecule has 0 aliphatic rings. The Morgan fingerprint density at radius 3 is 2.35 bits per heavy atom. The van der Waals surface area contributed by atoms with E-state index < -0.39 is 0 Å². The van der Waals surface area contributed by atoms with Crippen LogP contribution in [-0.4, -0.2) is 18.0 Å². The maximum absolute atomic E-state index is 11.8. The number of amides is 1. The van der Waals surface area contributed by atoms with Gasteiger partial charge in [-0.05, 0) is 46.8 Å². The molecule has 0 fully saturated rings. The van der Waals surface area contributed by atoms with Crippen LogP contribution in [0, 0.1) is 6.92 Å². The van der Waals surface area contributed by atoms with E-state index in [-0.39, 0.29) is 24.0 Å². The van der Waals surface area contributed by atoms with E-state index in [0.29, 0.717) is 0 Å². The van der Waals surface area contributed by atoms with E-state index in [1.807, 2.05) is 20.8 Å². The fraction of sp³-hybridized carbons (Fsp3) is 0.615. The summed E-state index contributed by atoms with van der Waals surface area (Å²) in [6.45, 7) is 10.0. The molecule has 0 bridgehead atoms. The van der Waals surface area contributed by atoms with Gasteiger partial charge >= 0.3 is 0 Å². The smallest absolute Gasteiger partial charge is 0.237 e. The number of hydrogen-bond donors (Lipinski definition) is 2. The molecular formula is C13H22N2OS. The topological polar surface area (TPSA) is 41.1 Å². The summed E-state index contributed by atoms with van der Waals surface area (Å²) >= 11 is 1.77. The number of rotatable bonds is 5. The summed E-state index contributed by atoms with van der Waals surface area (Å²) in [6, 6.07) is 4.45. The lowest BCUT2D eigenvalue weighted by molar-refractivity contribution is -0.123. The van der Waals surface area contributed by atoms with Crippen molar-refractivity contribution in [2.45, 2.75) is 52.7 Å². The molecule has 1 heterocycles. The first kappa shape index (κ1) is 14.2. The third-order valence-electron chi connectivity index (χ3n) is 2.51. The van der Waals surface area contributed by atoms with Crippen LogP contribution in [0.4, 0.5) is 0 Å². The number of aryl methyl sites for hydroxylation is 1.